The molecule has 0 spiro atoms. The third-order valence-corrected chi connectivity index (χ3v) is 3.01. The van der Waals surface area contributed by atoms with Crippen molar-refractivity contribution < 1.29 is 14.3 Å². The van der Waals surface area contributed by atoms with Crippen LogP contribution in [0.15, 0.2) is 0 Å². The van der Waals surface area contributed by atoms with Gasteiger partial charge in [-0.1, -0.05) is 47.5 Å². The van der Waals surface area contributed by atoms with Crippen molar-refractivity contribution in [2.45, 2.75) is 66.9 Å². The summed E-state index contributed by atoms with van der Waals surface area (Å²) in [4.78, 5) is 11.4. The van der Waals surface area contributed by atoms with E-state index in [0.717, 1.165) is 19.3 Å². The molecular formula is C14H28O3. The van der Waals surface area contributed by atoms with Gasteiger partial charge in [0.2, 0.25) is 0 Å². The molecule has 0 aliphatic heterocycles. The van der Waals surface area contributed by atoms with Crippen molar-refractivity contribution in [2.24, 2.45) is 11.3 Å². The molecule has 17 heavy (non-hydrogen) atoms. The first kappa shape index (κ1) is 16.3. The summed E-state index contributed by atoms with van der Waals surface area (Å²) in [5.41, 5.74) is 0.0378. The van der Waals surface area contributed by atoms with E-state index in [2.05, 4.69) is 20.8 Å². The molecule has 0 aromatic rings. The predicted molar refractivity (Wildman–Crippen MR) is 70.0 cm³/mol. The lowest BCUT2D eigenvalue weighted by Crippen LogP contribution is -2.26. The van der Waals surface area contributed by atoms with E-state index in [9.17, 15) is 4.79 Å². The quantitative estimate of drug-likeness (QED) is 0.623. The van der Waals surface area contributed by atoms with Crippen LogP contribution in [0.1, 0.15) is 60.8 Å². The van der Waals surface area contributed by atoms with Gasteiger partial charge in [0.15, 0.2) is 0 Å². The van der Waals surface area contributed by atoms with Crippen LogP contribution in [0, 0.1) is 11.3 Å². The minimum atomic E-state index is -0.546. The van der Waals surface area contributed by atoms with Gasteiger partial charge in [-0.15, -0.1) is 0 Å². The molecule has 0 aliphatic rings. The Labute approximate surface area is 106 Å². The zero-order chi connectivity index (χ0) is 13.5. The summed E-state index contributed by atoms with van der Waals surface area (Å²) in [5.74, 6) is 0.315. The molecule has 0 amide bonds. The number of carbonyl (C=O) groups is 1. The molecule has 0 aliphatic carbocycles. The van der Waals surface area contributed by atoms with Gasteiger partial charge >= 0.3 is 6.16 Å². The maximum absolute atomic E-state index is 11.4. The summed E-state index contributed by atoms with van der Waals surface area (Å²) in [5, 5.41) is 0. The van der Waals surface area contributed by atoms with Crippen LogP contribution in [-0.2, 0) is 9.47 Å². The van der Waals surface area contributed by atoms with Crippen molar-refractivity contribution >= 4 is 6.16 Å². The third kappa shape index (κ3) is 8.06. The Hall–Kier alpha value is -0.730. The highest BCUT2D eigenvalue weighted by molar-refractivity contribution is 5.60. The van der Waals surface area contributed by atoms with E-state index in [1.165, 1.54) is 0 Å². The van der Waals surface area contributed by atoms with E-state index in [-0.39, 0.29) is 11.5 Å². The lowest BCUT2D eigenvalue weighted by Gasteiger charge is -2.24. The number of hydrogen-bond acceptors (Lipinski definition) is 3. The van der Waals surface area contributed by atoms with Gasteiger partial charge in [-0.3, -0.25) is 0 Å². The van der Waals surface area contributed by atoms with Crippen molar-refractivity contribution in [3.63, 3.8) is 0 Å². The first-order chi connectivity index (χ1) is 7.78. The topological polar surface area (TPSA) is 35.5 Å². The number of rotatable bonds is 7. The first-order valence-electron chi connectivity index (χ1n) is 6.62. The fraction of sp³-hybridized carbons (Fsp3) is 0.929. The molecule has 0 rings (SSSR count). The summed E-state index contributed by atoms with van der Waals surface area (Å²) in [6, 6.07) is 0. The molecule has 0 bridgehead atoms. The van der Waals surface area contributed by atoms with Gasteiger partial charge in [0.1, 0.15) is 12.7 Å². The van der Waals surface area contributed by atoms with Crippen molar-refractivity contribution in [1.82, 2.24) is 0 Å². The van der Waals surface area contributed by atoms with E-state index < -0.39 is 6.16 Å². The standard InChI is InChI=1S/C14H28O3/c1-7-8-9-14(5,6)10-16-13(15)17-12(4)11(2)3/h11-12H,7-10H2,1-6H3. The van der Waals surface area contributed by atoms with Crippen LogP contribution < -0.4 is 0 Å². The fourth-order valence-electron chi connectivity index (χ4n) is 1.30. The summed E-state index contributed by atoms with van der Waals surface area (Å²) >= 11 is 0. The maximum atomic E-state index is 11.4. The Balaban J connectivity index is 3.90. The number of hydrogen-bond donors (Lipinski definition) is 0. The molecule has 0 heterocycles. The third-order valence-electron chi connectivity index (χ3n) is 3.01. The Morgan fingerprint density at radius 1 is 1.24 bits per heavy atom. The predicted octanol–water partition coefficient (Wildman–Crippen LogP) is 4.40. The van der Waals surface area contributed by atoms with E-state index in [4.69, 9.17) is 9.47 Å². The highest BCUT2D eigenvalue weighted by Gasteiger charge is 2.21. The number of ether oxygens (including phenoxy) is 2. The highest BCUT2D eigenvalue weighted by atomic mass is 16.7. The lowest BCUT2D eigenvalue weighted by molar-refractivity contribution is -0.00383. The van der Waals surface area contributed by atoms with Gasteiger partial charge in [0.05, 0.1) is 0 Å². The highest BCUT2D eigenvalue weighted by Crippen LogP contribution is 2.23. The van der Waals surface area contributed by atoms with Crippen LogP contribution in [0.25, 0.3) is 0 Å². The van der Waals surface area contributed by atoms with Crippen molar-refractivity contribution in [3.05, 3.63) is 0 Å². The Bertz CT molecular complexity index is 222. The fourth-order valence-corrected chi connectivity index (χ4v) is 1.30. The molecule has 0 radical (unpaired) electrons. The van der Waals surface area contributed by atoms with Crippen molar-refractivity contribution in [2.75, 3.05) is 6.61 Å². The van der Waals surface area contributed by atoms with Crippen molar-refractivity contribution in [1.29, 1.82) is 0 Å². The SMILES string of the molecule is CCCCC(C)(C)COC(=O)OC(C)C(C)C. The van der Waals surface area contributed by atoms with E-state index in [0.29, 0.717) is 12.5 Å². The average molecular weight is 244 g/mol. The van der Waals surface area contributed by atoms with Gasteiger partial charge in [0.25, 0.3) is 0 Å². The smallest absolute Gasteiger partial charge is 0.434 e. The zero-order valence-corrected chi connectivity index (χ0v) is 12.2. The van der Waals surface area contributed by atoms with Crippen LogP contribution >= 0.6 is 0 Å². The molecule has 0 N–H and O–H groups in total. The molecule has 102 valence electrons. The summed E-state index contributed by atoms with van der Waals surface area (Å²) in [6.45, 7) is 12.7. The summed E-state index contributed by atoms with van der Waals surface area (Å²) in [7, 11) is 0. The van der Waals surface area contributed by atoms with E-state index in [1.807, 2.05) is 20.8 Å². The summed E-state index contributed by atoms with van der Waals surface area (Å²) < 4.78 is 10.3. The van der Waals surface area contributed by atoms with E-state index >= 15 is 0 Å². The second-order valence-corrected chi connectivity index (χ2v) is 5.87. The number of unbranched alkanes of at least 4 members (excludes halogenated alkanes) is 1. The monoisotopic (exact) mass is 244 g/mol. The molecule has 0 aromatic carbocycles. The minimum Gasteiger partial charge on any atom is -0.434 e. The lowest BCUT2D eigenvalue weighted by atomic mass is 9.88. The molecule has 0 fully saturated rings. The molecular weight excluding hydrogens is 216 g/mol. The van der Waals surface area contributed by atoms with Gasteiger partial charge < -0.3 is 9.47 Å². The molecule has 0 aromatic heterocycles. The summed E-state index contributed by atoms with van der Waals surface area (Å²) in [6.07, 6.45) is 2.75. The largest absolute Gasteiger partial charge is 0.508 e. The molecule has 3 nitrogen and oxygen atoms in total. The molecule has 0 saturated heterocycles. The van der Waals surface area contributed by atoms with Crippen LogP contribution in [0.3, 0.4) is 0 Å². The zero-order valence-electron chi connectivity index (χ0n) is 12.2. The Morgan fingerprint density at radius 2 is 1.82 bits per heavy atom. The van der Waals surface area contributed by atoms with Crippen LogP contribution in [0.4, 0.5) is 4.79 Å². The molecule has 3 heteroatoms. The van der Waals surface area contributed by atoms with Crippen LogP contribution in [0.2, 0.25) is 0 Å². The Morgan fingerprint density at radius 3 is 2.29 bits per heavy atom. The van der Waals surface area contributed by atoms with E-state index in [1.54, 1.807) is 0 Å². The van der Waals surface area contributed by atoms with Crippen molar-refractivity contribution in [3.8, 4) is 0 Å². The molecule has 1 atom stereocenters. The van der Waals surface area contributed by atoms with Crippen LogP contribution in [0.5, 0.6) is 0 Å². The molecule has 1 unspecified atom stereocenters. The normalized spacial score (nSPS) is 13.6. The second kappa shape index (κ2) is 7.57. The first-order valence-corrected chi connectivity index (χ1v) is 6.62. The Kier molecular flexibility index (Phi) is 7.24. The van der Waals surface area contributed by atoms with Gasteiger partial charge in [-0.25, -0.2) is 4.79 Å². The van der Waals surface area contributed by atoms with Gasteiger partial charge in [0, 0.05) is 0 Å². The molecule has 0 saturated carbocycles. The second-order valence-electron chi connectivity index (χ2n) is 5.87. The number of carbonyl (C=O) groups excluding carboxylic acids is 1. The maximum Gasteiger partial charge on any atom is 0.508 e. The minimum absolute atomic E-state index is 0.0378. The van der Waals surface area contributed by atoms with Gasteiger partial charge in [-0.2, -0.15) is 0 Å². The van der Waals surface area contributed by atoms with Crippen LogP contribution in [-0.4, -0.2) is 18.9 Å². The average Bonchev–Trinajstić information content (AvgIpc) is 2.24. The van der Waals surface area contributed by atoms with Gasteiger partial charge in [-0.05, 0) is 24.7 Å².